The zero-order valence-corrected chi connectivity index (χ0v) is 20.1. The smallest absolute Gasteiger partial charge is 0.0195 e. The fourth-order valence-corrected chi connectivity index (χ4v) is 8.80. The van der Waals surface area contributed by atoms with Crippen LogP contribution in [0.2, 0.25) is 0 Å². The van der Waals surface area contributed by atoms with E-state index in [-0.39, 0.29) is 40.7 Å². The lowest BCUT2D eigenvalue weighted by atomic mass is 10.4. The molecule has 0 unspecified atom stereocenters. The highest BCUT2D eigenvalue weighted by Crippen LogP contribution is 2.41. The van der Waals surface area contributed by atoms with E-state index in [1.165, 1.54) is 33.5 Å². The SMILES string of the molecule is Cl.Cl.c1ccc(P(CCP(c2ccccc2)c2ccccc2)c2ccccc2)cc1. The molecule has 0 aliphatic heterocycles. The number of benzene rings is 4. The van der Waals surface area contributed by atoms with Crippen molar-refractivity contribution in [3.05, 3.63) is 121 Å². The van der Waals surface area contributed by atoms with Crippen LogP contribution in [0.15, 0.2) is 121 Å². The van der Waals surface area contributed by atoms with Gasteiger partial charge in [-0.05, 0) is 49.4 Å². The van der Waals surface area contributed by atoms with Crippen molar-refractivity contribution in [1.29, 1.82) is 0 Å². The largest absolute Gasteiger partial charge is 0.147 e. The number of hydrogen-bond donors (Lipinski definition) is 0. The highest BCUT2D eigenvalue weighted by atomic mass is 35.5. The van der Waals surface area contributed by atoms with Gasteiger partial charge < -0.3 is 0 Å². The van der Waals surface area contributed by atoms with Crippen LogP contribution in [-0.2, 0) is 0 Å². The number of rotatable bonds is 7. The summed E-state index contributed by atoms with van der Waals surface area (Å²) in [6, 6.07) is 44.2. The molecule has 0 spiro atoms. The third kappa shape index (κ3) is 6.41. The van der Waals surface area contributed by atoms with Crippen molar-refractivity contribution in [2.24, 2.45) is 0 Å². The van der Waals surface area contributed by atoms with E-state index in [9.17, 15) is 0 Å². The molecule has 0 radical (unpaired) electrons. The Morgan fingerprint density at radius 1 is 0.333 bits per heavy atom. The molecule has 0 nitrogen and oxygen atoms in total. The van der Waals surface area contributed by atoms with Gasteiger partial charge in [-0.2, -0.15) is 0 Å². The average Bonchev–Trinajstić information content (AvgIpc) is 2.79. The summed E-state index contributed by atoms with van der Waals surface area (Å²) in [4.78, 5) is 0. The second kappa shape index (κ2) is 12.9. The third-order valence-electron chi connectivity index (χ3n) is 4.82. The van der Waals surface area contributed by atoms with E-state index in [2.05, 4.69) is 121 Å². The van der Waals surface area contributed by atoms with Crippen LogP contribution in [0.3, 0.4) is 0 Å². The van der Waals surface area contributed by atoms with Gasteiger partial charge in [0.05, 0.1) is 0 Å². The summed E-state index contributed by atoms with van der Waals surface area (Å²) in [5, 5.41) is 5.89. The molecule has 0 aliphatic carbocycles. The van der Waals surface area contributed by atoms with Crippen LogP contribution < -0.4 is 21.2 Å². The van der Waals surface area contributed by atoms with Gasteiger partial charge in [-0.1, -0.05) is 121 Å². The summed E-state index contributed by atoms with van der Waals surface area (Å²) in [7, 11) is -0.696. The van der Waals surface area contributed by atoms with Gasteiger partial charge >= 0.3 is 0 Å². The Hall–Kier alpha value is -1.68. The monoisotopic (exact) mass is 470 g/mol. The molecular weight excluding hydrogens is 445 g/mol. The molecule has 0 saturated heterocycles. The summed E-state index contributed by atoms with van der Waals surface area (Å²) < 4.78 is 0. The molecule has 0 amide bonds. The predicted octanol–water partition coefficient (Wildman–Crippen LogP) is 6.10. The molecule has 4 rings (SSSR count). The van der Waals surface area contributed by atoms with E-state index in [1.807, 2.05) is 0 Å². The van der Waals surface area contributed by atoms with Crippen LogP contribution in [0.25, 0.3) is 0 Å². The van der Waals surface area contributed by atoms with Crippen LogP contribution in [0.1, 0.15) is 0 Å². The third-order valence-corrected chi connectivity index (χ3v) is 10.2. The van der Waals surface area contributed by atoms with Crippen LogP contribution in [-0.4, -0.2) is 12.3 Å². The van der Waals surface area contributed by atoms with Gasteiger partial charge in [0, 0.05) is 0 Å². The highest BCUT2D eigenvalue weighted by molar-refractivity contribution is 7.76. The minimum Gasteiger partial charge on any atom is -0.147 e. The second-order valence-corrected chi connectivity index (χ2v) is 11.3. The first-order chi connectivity index (χ1) is 13.9. The topological polar surface area (TPSA) is 0 Å². The highest BCUT2D eigenvalue weighted by Gasteiger charge is 2.18. The summed E-state index contributed by atoms with van der Waals surface area (Å²) in [5.74, 6) is 0. The molecule has 0 aliphatic rings. The molecule has 0 heterocycles. The van der Waals surface area contributed by atoms with Crippen molar-refractivity contribution in [3.63, 3.8) is 0 Å². The maximum absolute atomic E-state index is 2.30. The fraction of sp³-hybridized carbons (Fsp3) is 0.0769. The number of hydrogen-bond acceptors (Lipinski definition) is 0. The van der Waals surface area contributed by atoms with Crippen molar-refractivity contribution >= 4 is 61.9 Å². The molecule has 30 heavy (non-hydrogen) atoms. The van der Waals surface area contributed by atoms with Gasteiger partial charge in [0.15, 0.2) is 0 Å². The van der Waals surface area contributed by atoms with E-state index in [0.717, 1.165) is 0 Å². The quantitative estimate of drug-likeness (QED) is 0.286. The van der Waals surface area contributed by atoms with Crippen molar-refractivity contribution in [2.75, 3.05) is 12.3 Å². The van der Waals surface area contributed by atoms with E-state index in [1.54, 1.807) is 0 Å². The Morgan fingerprint density at radius 2 is 0.533 bits per heavy atom. The normalized spacial score (nSPS) is 10.3. The van der Waals surface area contributed by atoms with Crippen LogP contribution in [0.4, 0.5) is 0 Å². The standard InChI is InChI=1S/C26H24P2.2ClH/c1-5-13-23(14-6-1)27(24-15-7-2-8-16-24)21-22-28(25-17-9-3-10-18-25)26-19-11-4-12-20-26;;/h1-20H,21-22H2;2*1H. The van der Waals surface area contributed by atoms with E-state index in [0.29, 0.717) is 0 Å². The van der Waals surface area contributed by atoms with Gasteiger partial charge in [0.25, 0.3) is 0 Å². The molecule has 0 aromatic heterocycles. The molecule has 4 aromatic rings. The zero-order chi connectivity index (χ0) is 19.0. The van der Waals surface area contributed by atoms with Crippen molar-refractivity contribution in [2.45, 2.75) is 0 Å². The summed E-state index contributed by atoms with van der Waals surface area (Å²) in [6.07, 6.45) is 2.41. The van der Waals surface area contributed by atoms with E-state index < -0.39 is 0 Å². The molecule has 4 heteroatoms. The van der Waals surface area contributed by atoms with Crippen molar-refractivity contribution in [1.82, 2.24) is 0 Å². The van der Waals surface area contributed by atoms with Gasteiger partial charge in [-0.3, -0.25) is 0 Å². The van der Waals surface area contributed by atoms with E-state index in [4.69, 9.17) is 0 Å². The molecule has 0 N–H and O–H groups in total. The van der Waals surface area contributed by atoms with Gasteiger partial charge in [-0.25, -0.2) is 0 Å². The average molecular weight is 471 g/mol. The summed E-state index contributed by atoms with van der Waals surface area (Å²) >= 11 is 0. The lowest BCUT2D eigenvalue weighted by Crippen LogP contribution is -2.19. The summed E-state index contributed by atoms with van der Waals surface area (Å²) in [5.41, 5.74) is 0. The Morgan fingerprint density at radius 3 is 0.733 bits per heavy atom. The lowest BCUT2D eigenvalue weighted by molar-refractivity contribution is 1.51. The molecule has 0 bridgehead atoms. The van der Waals surface area contributed by atoms with Crippen LogP contribution in [0, 0.1) is 0 Å². The maximum atomic E-state index is 2.30. The minimum atomic E-state index is -0.348. The van der Waals surface area contributed by atoms with Crippen molar-refractivity contribution < 1.29 is 0 Å². The van der Waals surface area contributed by atoms with Crippen molar-refractivity contribution in [3.8, 4) is 0 Å². The predicted molar refractivity (Wildman–Crippen MR) is 142 cm³/mol. The lowest BCUT2D eigenvalue weighted by Gasteiger charge is -2.24. The Labute approximate surface area is 195 Å². The molecular formula is C26H26Cl2P2. The van der Waals surface area contributed by atoms with Gasteiger partial charge in [0.2, 0.25) is 0 Å². The molecule has 0 fully saturated rings. The fourth-order valence-electron chi connectivity index (χ4n) is 3.45. The van der Waals surface area contributed by atoms with Crippen LogP contribution >= 0.6 is 40.7 Å². The Kier molecular flexibility index (Phi) is 10.6. The Balaban J connectivity index is 0.00000160. The molecule has 4 aromatic carbocycles. The molecule has 0 saturated carbocycles. The molecule has 0 atom stereocenters. The molecule has 154 valence electrons. The second-order valence-electron chi connectivity index (χ2n) is 6.65. The van der Waals surface area contributed by atoms with Gasteiger partial charge in [0.1, 0.15) is 0 Å². The maximum Gasteiger partial charge on any atom is -0.0195 e. The number of halogens is 2. The first-order valence-electron chi connectivity index (χ1n) is 9.67. The minimum absolute atomic E-state index is 0. The van der Waals surface area contributed by atoms with Gasteiger partial charge in [-0.15, -0.1) is 24.8 Å². The Bertz CT molecular complexity index is 803. The first kappa shape index (κ1) is 24.6. The van der Waals surface area contributed by atoms with Crippen LogP contribution in [0.5, 0.6) is 0 Å². The zero-order valence-electron chi connectivity index (χ0n) is 16.7. The summed E-state index contributed by atoms with van der Waals surface area (Å²) in [6.45, 7) is 0. The first-order valence-corrected chi connectivity index (χ1v) is 12.7. The van der Waals surface area contributed by atoms with E-state index >= 15 is 0 Å².